The maximum atomic E-state index is 12.7. The van der Waals surface area contributed by atoms with Crippen LogP contribution >= 0.6 is 7.82 Å². The van der Waals surface area contributed by atoms with Gasteiger partial charge in [-0.1, -0.05) is 165 Å². The molecule has 0 rings (SSSR count). The molecule has 2 N–H and O–H groups in total. The van der Waals surface area contributed by atoms with Crippen LogP contribution in [0.1, 0.15) is 162 Å². The Labute approximate surface area is 347 Å². The Kier molecular flexibility index (Phi) is 35.6. The van der Waals surface area contributed by atoms with E-state index in [4.69, 9.17) is 18.5 Å². The molecule has 0 aromatic rings. The Morgan fingerprint density at radius 2 is 1.11 bits per heavy atom. The number of phosphoric ester groups is 1. The van der Waals surface area contributed by atoms with Gasteiger partial charge in [0.05, 0.1) is 40.0 Å². The number of allylic oxidation sites excluding steroid dienone is 6. The number of aliphatic hydroxyl groups excluding tert-OH is 2. The fourth-order valence-electron chi connectivity index (χ4n) is 5.75. The number of rotatable bonds is 39. The number of nitrogens with zero attached hydrogens (tertiary/aromatic N) is 1. The van der Waals surface area contributed by atoms with Gasteiger partial charge in [0.15, 0.2) is 6.10 Å². The van der Waals surface area contributed by atoms with Crippen molar-refractivity contribution in [3.05, 3.63) is 48.6 Å². The summed E-state index contributed by atoms with van der Waals surface area (Å²) in [5.41, 5.74) is 0. The lowest BCUT2D eigenvalue weighted by Crippen LogP contribution is -2.37. The monoisotopic (exact) mass is 828 g/mol. The first-order valence-electron chi connectivity index (χ1n) is 22.1. The van der Waals surface area contributed by atoms with E-state index in [1.54, 1.807) is 18.2 Å². The predicted octanol–water partition coefficient (Wildman–Crippen LogP) is 9.61. The number of hydrogen-bond donors (Lipinski definition) is 2. The highest BCUT2D eigenvalue weighted by Crippen LogP contribution is 2.38. The molecule has 0 fully saturated rings. The van der Waals surface area contributed by atoms with Gasteiger partial charge in [-0.25, -0.2) is 0 Å². The molecule has 11 nitrogen and oxygen atoms in total. The summed E-state index contributed by atoms with van der Waals surface area (Å²) in [6.45, 7) is 3.86. The predicted molar refractivity (Wildman–Crippen MR) is 229 cm³/mol. The van der Waals surface area contributed by atoms with Crippen LogP contribution < -0.4 is 4.89 Å². The van der Waals surface area contributed by atoms with Crippen molar-refractivity contribution in [1.29, 1.82) is 0 Å². The zero-order chi connectivity index (χ0) is 42.5. The quantitative estimate of drug-likeness (QED) is 0.0202. The topological polar surface area (TPSA) is 152 Å². The van der Waals surface area contributed by atoms with E-state index < -0.39 is 44.7 Å². The zero-order valence-corrected chi connectivity index (χ0v) is 37.4. The molecule has 0 aliphatic rings. The van der Waals surface area contributed by atoms with Crippen LogP contribution in [-0.4, -0.2) is 92.5 Å². The Morgan fingerprint density at radius 1 is 0.632 bits per heavy atom. The molecule has 0 spiro atoms. The van der Waals surface area contributed by atoms with Gasteiger partial charge in [0.2, 0.25) is 0 Å². The molecule has 0 bridgehead atoms. The van der Waals surface area contributed by atoms with Crippen molar-refractivity contribution in [2.24, 2.45) is 0 Å². The largest absolute Gasteiger partial charge is 0.756 e. The second-order valence-electron chi connectivity index (χ2n) is 16.1. The summed E-state index contributed by atoms with van der Waals surface area (Å²) in [7, 11) is 1.04. The smallest absolute Gasteiger partial charge is 0.306 e. The first kappa shape index (κ1) is 54.9. The summed E-state index contributed by atoms with van der Waals surface area (Å²) in [4.78, 5) is 37.5. The molecule has 0 aliphatic carbocycles. The molecular formula is C45H82NO10P. The highest BCUT2D eigenvalue weighted by Gasteiger charge is 2.22. The van der Waals surface area contributed by atoms with E-state index in [1.807, 2.05) is 51.5 Å². The molecule has 0 aromatic heterocycles. The Balaban J connectivity index is 4.59. The molecule has 0 aromatic carbocycles. The third kappa shape index (κ3) is 40.5. The fraction of sp³-hybridized carbons (Fsp3) is 0.778. The Hall–Kier alpha value is -2.11. The van der Waals surface area contributed by atoms with Crippen molar-refractivity contribution in [1.82, 2.24) is 0 Å². The molecule has 0 saturated heterocycles. The highest BCUT2D eigenvalue weighted by atomic mass is 31.2. The minimum absolute atomic E-state index is 0.0289. The van der Waals surface area contributed by atoms with Gasteiger partial charge in [0, 0.05) is 12.8 Å². The van der Waals surface area contributed by atoms with Crippen molar-refractivity contribution in [2.45, 2.75) is 180 Å². The molecule has 0 amide bonds. The molecule has 0 aliphatic heterocycles. The summed E-state index contributed by atoms with van der Waals surface area (Å²) in [5, 5.41) is 20.2. The van der Waals surface area contributed by atoms with Crippen LogP contribution in [0.25, 0.3) is 0 Å². The van der Waals surface area contributed by atoms with Crippen LogP contribution in [0.5, 0.6) is 0 Å². The highest BCUT2D eigenvalue weighted by molar-refractivity contribution is 7.45. The van der Waals surface area contributed by atoms with Gasteiger partial charge >= 0.3 is 11.9 Å². The lowest BCUT2D eigenvalue weighted by atomic mass is 10.0. The normalized spacial score (nSPS) is 15.2. The number of ether oxygens (including phenoxy) is 2. The van der Waals surface area contributed by atoms with Gasteiger partial charge in [-0.15, -0.1) is 0 Å². The molecular weight excluding hydrogens is 745 g/mol. The summed E-state index contributed by atoms with van der Waals surface area (Å²) >= 11 is 0. The van der Waals surface area contributed by atoms with E-state index in [1.165, 1.54) is 64.2 Å². The van der Waals surface area contributed by atoms with Crippen molar-refractivity contribution < 1.29 is 52.3 Å². The Morgan fingerprint density at radius 3 is 1.63 bits per heavy atom. The van der Waals surface area contributed by atoms with E-state index in [-0.39, 0.29) is 26.1 Å². The third-order valence-corrected chi connectivity index (χ3v) is 10.3. The molecule has 12 heteroatoms. The van der Waals surface area contributed by atoms with Crippen LogP contribution in [0, 0.1) is 0 Å². The number of hydrogen-bond acceptors (Lipinski definition) is 10. The van der Waals surface area contributed by atoms with Gasteiger partial charge in [0.1, 0.15) is 19.8 Å². The number of phosphoric acid groups is 1. The van der Waals surface area contributed by atoms with Crippen molar-refractivity contribution >= 4 is 19.8 Å². The second kappa shape index (κ2) is 36.9. The zero-order valence-electron chi connectivity index (χ0n) is 36.5. The lowest BCUT2D eigenvalue weighted by molar-refractivity contribution is -0.870. The van der Waals surface area contributed by atoms with Crippen molar-refractivity contribution in [3.63, 3.8) is 0 Å². The standard InChI is InChI=1S/C45H82NO10P/c1-6-8-10-11-12-13-14-15-16-17-18-22-25-29-35-45(50)56-43(40-55-57(51,52)54-38-37-46(3,4)5)39-53-44(49)36-30-34-42(48)33-28-24-21-19-20-23-27-32-41(47)31-26-9-7-2/h20-21,23-24,27-28,32-33,41-43,47-48H,6-19,22,25-26,29-31,34-40H2,1-5H3/b23-20-,24-21-,32-27+,33-28+/t41-,42-,43+/m0/s1. The number of carbonyl (C=O) groups excluding carboxylic acids is 2. The minimum atomic E-state index is -4.68. The van der Waals surface area contributed by atoms with Gasteiger partial charge in [-0.05, 0) is 32.1 Å². The van der Waals surface area contributed by atoms with Crippen molar-refractivity contribution in [3.8, 4) is 0 Å². The second-order valence-corrected chi connectivity index (χ2v) is 17.5. The third-order valence-electron chi connectivity index (χ3n) is 9.31. The lowest BCUT2D eigenvalue weighted by Gasteiger charge is -2.28. The number of aliphatic hydroxyl groups is 2. The van der Waals surface area contributed by atoms with Gasteiger partial charge in [0.25, 0.3) is 7.82 Å². The summed E-state index contributed by atoms with van der Waals surface area (Å²) in [6, 6.07) is 0. The van der Waals surface area contributed by atoms with Crippen LogP contribution in [0.2, 0.25) is 0 Å². The number of unbranched alkanes of at least 4 members (excludes halogenated alkanes) is 15. The summed E-state index contributed by atoms with van der Waals surface area (Å²) < 4.78 is 33.7. The molecule has 4 atom stereocenters. The maximum Gasteiger partial charge on any atom is 0.306 e. The molecule has 0 radical (unpaired) electrons. The van der Waals surface area contributed by atoms with E-state index in [0.29, 0.717) is 36.7 Å². The first-order valence-corrected chi connectivity index (χ1v) is 23.5. The minimum Gasteiger partial charge on any atom is -0.756 e. The van der Waals surface area contributed by atoms with Crippen LogP contribution in [-0.2, 0) is 32.7 Å². The summed E-state index contributed by atoms with van der Waals surface area (Å²) in [5.74, 6) is -1.06. The number of carbonyl (C=O) groups is 2. The Bertz CT molecular complexity index is 1150. The van der Waals surface area contributed by atoms with E-state index in [2.05, 4.69) is 13.8 Å². The number of quaternary nitrogens is 1. The van der Waals surface area contributed by atoms with E-state index in [9.17, 15) is 29.3 Å². The first-order chi connectivity index (χ1) is 27.3. The van der Waals surface area contributed by atoms with Gasteiger partial charge in [-0.2, -0.15) is 0 Å². The van der Waals surface area contributed by atoms with E-state index >= 15 is 0 Å². The van der Waals surface area contributed by atoms with Gasteiger partial charge in [-0.3, -0.25) is 14.2 Å². The SMILES string of the molecule is CCCCCCCCCCCCCCCCC(=O)O[C@H](COC(=O)CCC[C@@H](O)/C=C/C=C\C/C=C\C=C\[C@@H](O)CCCCC)COP(=O)([O-])OCC[N+](C)(C)C. The fourth-order valence-corrected chi connectivity index (χ4v) is 6.48. The average Bonchev–Trinajstić information content (AvgIpc) is 3.14. The number of esters is 2. The maximum absolute atomic E-state index is 12.7. The molecule has 0 heterocycles. The van der Waals surface area contributed by atoms with Crippen molar-refractivity contribution in [2.75, 3.05) is 47.5 Å². The number of likely N-dealkylation sites (N-methyl/N-ethyl adjacent to an activating group) is 1. The van der Waals surface area contributed by atoms with E-state index in [0.717, 1.165) is 44.9 Å². The molecule has 0 saturated carbocycles. The average molecular weight is 828 g/mol. The molecule has 332 valence electrons. The van der Waals surface area contributed by atoms with Crippen LogP contribution in [0.4, 0.5) is 0 Å². The molecule has 1 unspecified atom stereocenters. The van der Waals surface area contributed by atoms with Crippen LogP contribution in [0.15, 0.2) is 48.6 Å². The van der Waals surface area contributed by atoms with Gasteiger partial charge < -0.3 is 38.1 Å². The van der Waals surface area contributed by atoms with Crippen LogP contribution in [0.3, 0.4) is 0 Å². The summed E-state index contributed by atoms with van der Waals surface area (Å²) in [6.07, 6.45) is 34.9. The molecule has 57 heavy (non-hydrogen) atoms.